The molecule has 0 aliphatic heterocycles. The molecule has 3 rings (SSSR count). The summed E-state index contributed by atoms with van der Waals surface area (Å²) in [7, 11) is 0. The zero-order chi connectivity index (χ0) is 16.8. The van der Waals surface area contributed by atoms with Crippen molar-refractivity contribution in [2.45, 2.75) is 20.0 Å². The molecule has 0 aliphatic carbocycles. The molecule has 24 heavy (non-hydrogen) atoms. The third-order valence-corrected chi connectivity index (χ3v) is 4.02. The summed E-state index contributed by atoms with van der Waals surface area (Å²) in [4.78, 5) is 12.5. The molecule has 3 aromatic carbocycles. The van der Waals surface area contributed by atoms with Gasteiger partial charge in [0.25, 0.3) is 0 Å². The van der Waals surface area contributed by atoms with E-state index in [1.54, 1.807) is 0 Å². The van der Waals surface area contributed by atoms with E-state index in [1.165, 1.54) is 0 Å². The van der Waals surface area contributed by atoms with Gasteiger partial charge >= 0.3 is 0 Å². The number of aryl methyl sites for hydroxylation is 1. The van der Waals surface area contributed by atoms with Crippen molar-refractivity contribution in [3.05, 3.63) is 101 Å². The maximum Gasteiger partial charge on any atom is 0.167 e. The zero-order valence-electron chi connectivity index (χ0n) is 13.7. The molecular weight excluding hydrogens is 296 g/mol. The lowest BCUT2D eigenvalue weighted by Crippen LogP contribution is -2.05. The molecule has 0 saturated heterocycles. The standard InChI is InChI=1S/C22H20O2/c1-17-8-5-6-11-19(17)15-22(23)20-12-7-13-21(14-20)24-16-18-9-3-2-4-10-18/h2-14H,15-16H2,1H3. The summed E-state index contributed by atoms with van der Waals surface area (Å²) in [6.07, 6.45) is 0.412. The molecule has 0 heterocycles. The van der Waals surface area contributed by atoms with Gasteiger partial charge in [-0.15, -0.1) is 0 Å². The Bertz CT molecular complexity index is 822. The normalized spacial score (nSPS) is 10.4. The van der Waals surface area contributed by atoms with Gasteiger partial charge in [0.05, 0.1) is 0 Å². The third-order valence-electron chi connectivity index (χ3n) is 4.02. The second-order valence-electron chi connectivity index (χ2n) is 5.83. The molecule has 3 aromatic rings. The van der Waals surface area contributed by atoms with Gasteiger partial charge in [-0.05, 0) is 35.7 Å². The second kappa shape index (κ2) is 7.60. The summed E-state index contributed by atoms with van der Waals surface area (Å²) in [6.45, 7) is 2.53. The Morgan fingerprint density at radius 3 is 2.42 bits per heavy atom. The summed E-state index contributed by atoms with van der Waals surface area (Å²) in [5.41, 5.74) is 4.00. The summed E-state index contributed by atoms with van der Waals surface area (Å²) in [5.74, 6) is 0.823. The van der Waals surface area contributed by atoms with Crippen molar-refractivity contribution in [2.75, 3.05) is 0 Å². The molecule has 0 amide bonds. The second-order valence-corrected chi connectivity index (χ2v) is 5.83. The van der Waals surface area contributed by atoms with Crippen LogP contribution in [-0.2, 0) is 13.0 Å². The predicted octanol–water partition coefficient (Wildman–Crippen LogP) is 5.00. The van der Waals surface area contributed by atoms with Crippen LogP contribution in [0.15, 0.2) is 78.9 Å². The Morgan fingerprint density at radius 1 is 0.875 bits per heavy atom. The maximum atomic E-state index is 12.5. The first kappa shape index (κ1) is 16.0. The Balaban J connectivity index is 1.68. The molecule has 0 spiro atoms. The van der Waals surface area contributed by atoms with E-state index in [-0.39, 0.29) is 5.78 Å². The monoisotopic (exact) mass is 316 g/mol. The van der Waals surface area contributed by atoms with Crippen LogP contribution in [0, 0.1) is 6.92 Å². The zero-order valence-corrected chi connectivity index (χ0v) is 13.7. The summed E-state index contributed by atoms with van der Waals surface area (Å²) < 4.78 is 5.80. The van der Waals surface area contributed by atoms with E-state index in [4.69, 9.17) is 4.74 Å². The van der Waals surface area contributed by atoms with Gasteiger partial charge in [0.15, 0.2) is 5.78 Å². The highest BCUT2D eigenvalue weighted by Gasteiger charge is 2.09. The number of hydrogen-bond acceptors (Lipinski definition) is 2. The highest BCUT2D eigenvalue weighted by molar-refractivity contribution is 5.98. The lowest BCUT2D eigenvalue weighted by Gasteiger charge is -2.09. The fourth-order valence-electron chi connectivity index (χ4n) is 2.58. The predicted molar refractivity (Wildman–Crippen MR) is 96.4 cm³/mol. The summed E-state index contributed by atoms with van der Waals surface area (Å²) in [6, 6.07) is 25.4. The van der Waals surface area contributed by atoms with Crippen molar-refractivity contribution in [1.82, 2.24) is 0 Å². The molecule has 0 N–H and O–H groups in total. The van der Waals surface area contributed by atoms with E-state index in [0.29, 0.717) is 18.6 Å². The number of ether oxygens (including phenoxy) is 1. The maximum absolute atomic E-state index is 12.5. The number of Topliss-reactive ketones (excluding diaryl/α,β-unsaturated/α-hetero) is 1. The number of hydrogen-bond donors (Lipinski definition) is 0. The van der Waals surface area contributed by atoms with Crippen LogP contribution in [-0.4, -0.2) is 5.78 Å². The SMILES string of the molecule is Cc1ccccc1CC(=O)c1cccc(OCc2ccccc2)c1. The van der Waals surface area contributed by atoms with Crippen LogP contribution in [0.4, 0.5) is 0 Å². The van der Waals surface area contributed by atoms with Crippen molar-refractivity contribution in [2.24, 2.45) is 0 Å². The Kier molecular flexibility index (Phi) is 5.07. The molecule has 2 nitrogen and oxygen atoms in total. The average molecular weight is 316 g/mol. The van der Waals surface area contributed by atoms with Gasteiger partial charge in [-0.2, -0.15) is 0 Å². The van der Waals surface area contributed by atoms with Gasteiger partial charge in [-0.1, -0.05) is 66.7 Å². The Labute approximate surface area is 142 Å². The van der Waals surface area contributed by atoms with Gasteiger partial charge < -0.3 is 4.74 Å². The van der Waals surface area contributed by atoms with E-state index in [1.807, 2.05) is 85.8 Å². The Hall–Kier alpha value is -2.87. The quantitative estimate of drug-likeness (QED) is 0.598. The molecule has 2 heteroatoms. The molecule has 0 atom stereocenters. The van der Waals surface area contributed by atoms with Crippen LogP contribution < -0.4 is 4.74 Å². The molecule has 0 bridgehead atoms. The first-order valence-corrected chi connectivity index (χ1v) is 8.07. The van der Waals surface area contributed by atoms with Gasteiger partial charge in [-0.25, -0.2) is 0 Å². The average Bonchev–Trinajstić information content (AvgIpc) is 2.63. The van der Waals surface area contributed by atoms with Crippen LogP contribution in [0.2, 0.25) is 0 Å². The highest BCUT2D eigenvalue weighted by Crippen LogP contribution is 2.18. The highest BCUT2D eigenvalue weighted by atomic mass is 16.5. The van der Waals surface area contributed by atoms with Crippen molar-refractivity contribution in [3.8, 4) is 5.75 Å². The minimum Gasteiger partial charge on any atom is -0.489 e. The Morgan fingerprint density at radius 2 is 1.62 bits per heavy atom. The first-order valence-electron chi connectivity index (χ1n) is 8.07. The fraction of sp³-hybridized carbons (Fsp3) is 0.136. The van der Waals surface area contributed by atoms with E-state index >= 15 is 0 Å². The van der Waals surface area contributed by atoms with Crippen LogP contribution in [0.25, 0.3) is 0 Å². The number of carbonyl (C=O) groups excluding carboxylic acids is 1. The number of benzene rings is 3. The van der Waals surface area contributed by atoms with Gasteiger partial charge in [0.2, 0.25) is 0 Å². The van der Waals surface area contributed by atoms with Crippen LogP contribution in [0.5, 0.6) is 5.75 Å². The number of ketones is 1. The molecule has 0 radical (unpaired) electrons. The van der Waals surface area contributed by atoms with Crippen molar-refractivity contribution < 1.29 is 9.53 Å². The minimum absolute atomic E-state index is 0.106. The van der Waals surface area contributed by atoms with Gasteiger partial charge in [0, 0.05) is 12.0 Å². The lowest BCUT2D eigenvalue weighted by atomic mass is 9.99. The van der Waals surface area contributed by atoms with E-state index in [9.17, 15) is 4.79 Å². The molecule has 0 aliphatic rings. The fourth-order valence-corrected chi connectivity index (χ4v) is 2.58. The van der Waals surface area contributed by atoms with Crippen LogP contribution >= 0.6 is 0 Å². The number of rotatable bonds is 6. The molecule has 120 valence electrons. The van der Waals surface area contributed by atoms with E-state index in [0.717, 1.165) is 22.4 Å². The van der Waals surface area contributed by atoms with Crippen LogP contribution in [0.3, 0.4) is 0 Å². The largest absolute Gasteiger partial charge is 0.489 e. The molecule has 0 fully saturated rings. The van der Waals surface area contributed by atoms with Gasteiger partial charge in [-0.3, -0.25) is 4.79 Å². The molecular formula is C22H20O2. The summed E-state index contributed by atoms with van der Waals surface area (Å²) in [5, 5.41) is 0. The van der Waals surface area contributed by atoms with Crippen molar-refractivity contribution in [1.29, 1.82) is 0 Å². The third kappa shape index (κ3) is 4.11. The van der Waals surface area contributed by atoms with Crippen LogP contribution in [0.1, 0.15) is 27.0 Å². The van der Waals surface area contributed by atoms with E-state index in [2.05, 4.69) is 0 Å². The lowest BCUT2D eigenvalue weighted by molar-refractivity contribution is 0.0992. The molecule has 0 saturated carbocycles. The molecule has 0 aromatic heterocycles. The smallest absolute Gasteiger partial charge is 0.167 e. The topological polar surface area (TPSA) is 26.3 Å². The molecule has 0 unspecified atom stereocenters. The van der Waals surface area contributed by atoms with Gasteiger partial charge in [0.1, 0.15) is 12.4 Å². The minimum atomic E-state index is 0.106. The summed E-state index contributed by atoms with van der Waals surface area (Å²) >= 11 is 0. The first-order chi connectivity index (χ1) is 11.7. The number of carbonyl (C=O) groups is 1. The van der Waals surface area contributed by atoms with Crippen molar-refractivity contribution in [3.63, 3.8) is 0 Å². The van der Waals surface area contributed by atoms with Crippen molar-refractivity contribution >= 4 is 5.78 Å². The van der Waals surface area contributed by atoms with E-state index < -0.39 is 0 Å².